The fourth-order valence-corrected chi connectivity index (χ4v) is 0.918. The van der Waals surface area contributed by atoms with Crippen molar-refractivity contribution < 1.29 is 5.11 Å². The van der Waals surface area contributed by atoms with Crippen LogP contribution in [0, 0.1) is 0 Å². The normalized spacial score (nSPS) is 9.92. The van der Waals surface area contributed by atoms with Gasteiger partial charge in [-0.1, -0.05) is 0 Å². The molecule has 5 nitrogen and oxygen atoms in total. The Morgan fingerprint density at radius 1 is 1.54 bits per heavy atom. The van der Waals surface area contributed by atoms with Crippen LogP contribution in [0.1, 0.15) is 12.8 Å². The van der Waals surface area contributed by atoms with E-state index in [1.54, 1.807) is 0 Å². The molecule has 0 saturated heterocycles. The van der Waals surface area contributed by atoms with E-state index in [2.05, 4.69) is 15.3 Å². The predicted molar refractivity (Wildman–Crippen MR) is 49.7 cm³/mol. The van der Waals surface area contributed by atoms with Crippen molar-refractivity contribution in [3.05, 3.63) is 22.7 Å². The van der Waals surface area contributed by atoms with Crippen molar-refractivity contribution >= 4 is 5.82 Å². The third-order valence-corrected chi connectivity index (χ3v) is 1.57. The maximum atomic E-state index is 10.8. The highest BCUT2D eigenvalue weighted by Crippen LogP contribution is 1.95. The Morgan fingerprint density at radius 3 is 3.08 bits per heavy atom. The molecule has 1 heterocycles. The maximum absolute atomic E-state index is 10.8. The minimum absolute atomic E-state index is 0.167. The first-order valence-electron chi connectivity index (χ1n) is 4.22. The Balaban J connectivity index is 2.33. The zero-order valence-corrected chi connectivity index (χ0v) is 7.29. The minimum Gasteiger partial charge on any atom is -0.396 e. The SMILES string of the molecule is O=c1cc(NCCCCO)nc[nH]1. The first-order chi connectivity index (χ1) is 6.33. The molecule has 1 aromatic heterocycles. The van der Waals surface area contributed by atoms with Gasteiger partial charge in [0, 0.05) is 19.2 Å². The average molecular weight is 183 g/mol. The van der Waals surface area contributed by atoms with Gasteiger partial charge in [-0.3, -0.25) is 4.79 Å². The molecule has 0 atom stereocenters. The summed E-state index contributed by atoms with van der Waals surface area (Å²) < 4.78 is 0. The lowest BCUT2D eigenvalue weighted by molar-refractivity contribution is 0.286. The summed E-state index contributed by atoms with van der Waals surface area (Å²) in [4.78, 5) is 17.1. The van der Waals surface area contributed by atoms with Gasteiger partial charge in [0.1, 0.15) is 5.82 Å². The molecule has 0 amide bonds. The lowest BCUT2D eigenvalue weighted by Crippen LogP contribution is -2.10. The molecular formula is C8H13N3O2. The summed E-state index contributed by atoms with van der Waals surface area (Å²) in [5, 5.41) is 11.5. The van der Waals surface area contributed by atoms with E-state index < -0.39 is 0 Å². The van der Waals surface area contributed by atoms with Crippen LogP contribution in [0.5, 0.6) is 0 Å². The smallest absolute Gasteiger partial charge is 0.252 e. The Kier molecular flexibility index (Phi) is 3.98. The van der Waals surface area contributed by atoms with Crippen molar-refractivity contribution in [2.45, 2.75) is 12.8 Å². The lowest BCUT2D eigenvalue weighted by atomic mass is 10.3. The third-order valence-electron chi connectivity index (χ3n) is 1.57. The second-order valence-corrected chi connectivity index (χ2v) is 2.65. The number of nitrogens with zero attached hydrogens (tertiary/aromatic N) is 1. The maximum Gasteiger partial charge on any atom is 0.252 e. The van der Waals surface area contributed by atoms with Crippen LogP contribution in [0.4, 0.5) is 5.82 Å². The molecular weight excluding hydrogens is 170 g/mol. The number of anilines is 1. The third kappa shape index (κ3) is 3.71. The van der Waals surface area contributed by atoms with Crippen LogP contribution >= 0.6 is 0 Å². The van der Waals surface area contributed by atoms with Crippen molar-refractivity contribution in [2.24, 2.45) is 0 Å². The molecule has 5 heteroatoms. The van der Waals surface area contributed by atoms with Gasteiger partial charge >= 0.3 is 0 Å². The summed E-state index contributed by atoms with van der Waals surface area (Å²) >= 11 is 0. The van der Waals surface area contributed by atoms with Crippen LogP contribution < -0.4 is 10.9 Å². The second kappa shape index (κ2) is 5.31. The van der Waals surface area contributed by atoms with Crippen LogP contribution in [-0.2, 0) is 0 Å². The highest BCUT2D eigenvalue weighted by molar-refractivity contribution is 5.31. The van der Waals surface area contributed by atoms with Gasteiger partial charge in [0.2, 0.25) is 0 Å². The molecule has 72 valence electrons. The highest BCUT2D eigenvalue weighted by atomic mass is 16.2. The summed E-state index contributed by atoms with van der Waals surface area (Å²) in [5.74, 6) is 0.571. The molecule has 0 aliphatic heterocycles. The van der Waals surface area contributed by atoms with E-state index in [0.29, 0.717) is 5.82 Å². The zero-order valence-electron chi connectivity index (χ0n) is 7.29. The van der Waals surface area contributed by atoms with Gasteiger partial charge in [-0.2, -0.15) is 0 Å². The topological polar surface area (TPSA) is 78.0 Å². The first kappa shape index (κ1) is 9.73. The number of rotatable bonds is 5. The highest BCUT2D eigenvalue weighted by Gasteiger charge is 1.92. The molecule has 0 spiro atoms. The number of aliphatic hydroxyl groups excluding tert-OH is 1. The zero-order chi connectivity index (χ0) is 9.52. The van der Waals surface area contributed by atoms with Gasteiger partial charge in [0.25, 0.3) is 5.56 Å². The van der Waals surface area contributed by atoms with Gasteiger partial charge in [-0.25, -0.2) is 4.98 Å². The van der Waals surface area contributed by atoms with Crippen molar-refractivity contribution in [1.82, 2.24) is 9.97 Å². The Bertz CT molecular complexity index is 297. The molecule has 0 saturated carbocycles. The number of hydrogen-bond donors (Lipinski definition) is 3. The molecule has 0 aliphatic rings. The van der Waals surface area contributed by atoms with Crippen molar-refractivity contribution in [1.29, 1.82) is 0 Å². The number of unbranched alkanes of at least 4 members (excludes halogenated alkanes) is 1. The quantitative estimate of drug-likeness (QED) is 0.559. The van der Waals surface area contributed by atoms with Crippen LogP contribution in [0.25, 0.3) is 0 Å². The number of H-pyrrole nitrogens is 1. The monoisotopic (exact) mass is 183 g/mol. The van der Waals surface area contributed by atoms with E-state index in [1.807, 2.05) is 0 Å². The summed E-state index contributed by atoms with van der Waals surface area (Å²) in [6.45, 7) is 0.918. The molecule has 13 heavy (non-hydrogen) atoms. The molecule has 0 radical (unpaired) electrons. The van der Waals surface area contributed by atoms with Crippen molar-refractivity contribution in [3.8, 4) is 0 Å². The van der Waals surface area contributed by atoms with Gasteiger partial charge in [-0.15, -0.1) is 0 Å². The summed E-state index contributed by atoms with van der Waals surface area (Å²) in [6, 6.07) is 1.40. The molecule has 0 aromatic carbocycles. The van der Waals surface area contributed by atoms with Crippen LogP contribution in [0.15, 0.2) is 17.2 Å². The molecule has 0 aliphatic carbocycles. The van der Waals surface area contributed by atoms with Gasteiger partial charge in [0.15, 0.2) is 0 Å². The van der Waals surface area contributed by atoms with E-state index in [4.69, 9.17) is 5.11 Å². The van der Waals surface area contributed by atoms with Gasteiger partial charge < -0.3 is 15.4 Å². The van der Waals surface area contributed by atoms with E-state index in [0.717, 1.165) is 19.4 Å². The molecule has 3 N–H and O–H groups in total. The standard InChI is InChI=1S/C8H13N3O2/c12-4-2-1-3-9-7-5-8(13)11-6-10-7/h5-6,12H,1-4H2,(H2,9,10,11,13). The second-order valence-electron chi connectivity index (χ2n) is 2.65. The van der Waals surface area contributed by atoms with Crippen LogP contribution in [0.3, 0.4) is 0 Å². The fraction of sp³-hybridized carbons (Fsp3) is 0.500. The molecule has 0 bridgehead atoms. The number of aromatic amines is 1. The van der Waals surface area contributed by atoms with Crippen LogP contribution in [-0.4, -0.2) is 28.2 Å². The summed E-state index contributed by atoms with van der Waals surface area (Å²) in [5.41, 5.74) is -0.167. The van der Waals surface area contributed by atoms with Gasteiger partial charge in [-0.05, 0) is 12.8 Å². The van der Waals surface area contributed by atoms with Crippen molar-refractivity contribution in [2.75, 3.05) is 18.5 Å². The fourth-order valence-electron chi connectivity index (χ4n) is 0.918. The largest absolute Gasteiger partial charge is 0.396 e. The number of aromatic nitrogens is 2. The van der Waals surface area contributed by atoms with Gasteiger partial charge in [0.05, 0.1) is 6.33 Å². The summed E-state index contributed by atoms with van der Waals surface area (Å²) in [7, 11) is 0. The summed E-state index contributed by atoms with van der Waals surface area (Å²) in [6.07, 6.45) is 2.98. The molecule has 1 aromatic rings. The first-order valence-corrected chi connectivity index (χ1v) is 4.22. The van der Waals surface area contributed by atoms with Crippen LogP contribution in [0.2, 0.25) is 0 Å². The Labute approximate surface area is 75.8 Å². The minimum atomic E-state index is -0.167. The van der Waals surface area contributed by atoms with E-state index in [9.17, 15) is 4.79 Å². The van der Waals surface area contributed by atoms with Crippen molar-refractivity contribution in [3.63, 3.8) is 0 Å². The number of nitrogens with one attached hydrogen (secondary N) is 2. The Hall–Kier alpha value is -1.36. The predicted octanol–water partition coefficient (Wildman–Crippen LogP) is -0.0457. The lowest BCUT2D eigenvalue weighted by Gasteiger charge is -2.02. The molecule has 1 rings (SSSR count). The number of hydrogen-bond acceptors (Lipinski definition) is 4. The van der Waals surface area contributed by atoms with E-state index in [-0.39, 0.29) is 12.2 Å². The van der Waals surface area contributed by atoms with E-state index >= 15 is 0 Å². The number of aliphatic hydroxyl groups is 1. The van der Waals surface area contributed by atoms with E-state index in [1.165, 1.54) is 12.4 Å². The average Bonchev–Trinajstić information content (AvgIpc) is 2.13. The molecule has 0 fully saturated rings. The molecule has 0 unspecified atom stereocenters. The Morgan fingerprint density at radius 2 is 2.38 bits per heavy atom.